The van der Waals surface area contributed by atoms with Gasteiger partial charge in [-0.25, -0.2) is 0 Å². The van der Waals surface area contributed by atoms with Crippen molar-refractivity contribution >= 4 is 38.8 Å². The molecular weight excluding hydrogens is 336 g/mol. The van der Waals surface area contributed by atoms with Gasteiger partial charge < -0.3 is 10.6 Å². The van der Waals surface area contributed by atoms with Crippen LogP contribution in [0.15, 0.2) is 28.7 Å². The van der Waals surface area contributed by atoms with Crippen LogP contribution in [0.1, 0.15) is 17.0 Å². The lowest BCUT2D eigenvalue weighted by Gasteiger charge is -2.20. The van der Waals surface area contributed by atoms with Gasteiger partial charge in [0, 0.05) is 25.3 Å². The third kappa shape index (κ3) is 3.02. The van der Waals surface area contributed by atoms with E-state index < -0.39 is 0 Å². The predicted octanol–water partition coefficient (Wildman–Crippen LogP) is 2.76. The number of benzene rings is 1. The monoisotopic (exact) mass is 352 g/mol. The lowest BCUT2D eigenvalue weighted by molar-refractivity contribution is 0.693. The lowest BCUT2D eigenvalue weighted by atomic mass is 10.2. The van der Waals surface area contributed by atoms with Crippen molar-refractivity contribution in [2.24, 2.45) is 12.8 Å². The van der Waals surface area contributed by atoms with Gasteiger partial charge >= 0.3 is 0 Å². The fraction of sp³-hybridized carbons (Fsp3) is 0.286. The van der Waals surface area contributed by atoms with Gasteiger partial charge in [0.2, 0.25) is 0 Å². The number of hydrogen-bond donors (Lipinski definition) is 1. The Kier molecular flexibility index (Phi) is 4.45. The summed E-state index contributed by atoms with van der Waals surface area (Å²) in [5.74, 6) is 0. The smallest absolute Gasteiger partial charge is 0.103 e. The third-order valence-electron chi connectivity index (χ3n) is 3.24. The van der Waals surface area contributed by atoms with E-state index in [4.69, 9.17) is 18.0 Å². The summed E-state index contributed by atoms with van der Waals surface area (Å²) in [4.78, 5) is 2.58. The molecule has 6 heteroatoms. The Labute approximate surface area is 132 Å². The van der Waals surface area contributed by atoms with E-state index in [0.717, 1.165) is 33.7 Å². The Morgan fingerprint density at radius 3 is 2.45 bits per heavy atom. The van der Waals surface area contributed by atoms with Crippen LogP contribution < -0.4 is 10.6 Å². The predicted molar refractivity (Wildman–Crippen MR) is 90.1 cm³/mol. The molecule has 20 heavy (non-hydrogen) atoms. The molecule has 0 atom stereocenters. The summed E-state index contributed by atoms with van der Waals surface area (Å²) in [7, 11) is 4.00. The van der Waals surface area contributed by atoms with Crippen molar-refractivity contribution in [3.05, 3.63) is 45.7 Å². The first kappa shape index (κ1) is 15.0. The Morgan fingerprint density at radius 2 is 2.00 bits per heavy atom. The molecule has 0 aliphatic rings. The summed E-state index contributed by atoms with van der Waals surface area (Å²) in [6.07, 6.45) is 0. The normalized spacial score (nSPS) is 10.6. The highest BCUT2D eigenvalue weighted by Crippen LogP contribution is 2.23. The molecule has 0 saturated heterocycles. The number of nitrogens with two attached hydrogens (primary N) is 1. The molecule has 4 nitrogen and oxygen atoms in total. The lowest BCUT2D eigenvalue weighted by Crippen LogP contribution is -2.19. The number of rotatable bonds is 4. The summed E-state index contributed by atoms with van der Waals surface area (Å²) in [6.45, 7) is 2.76. The molecule has 0 aliphatic heterocycles. The van der Waals surface area contributed by atoms with E-state index in [-0.39, 0.29) is 0 Å². The average Bonchev–Trinajstić information content (AvgIpc) is 2.65. The van der Waals surface area contributed by atoms with Crippen molar-refractivity contribution in [2.75, 3.05) is 11.9 Å². The Bertz CT molecular complexity index is 633. The molecule has 2 N–H and O–H groups in total. The fourth-order valence-corrected chi connectivity index (χ4v) is 2.65. The number of aromatic nitrogens is 2. The average molecular weight is 353 g/mol. The summed E-state index contributed by atoms with van der Waals surface area (Å²) in [5, 5.41) is 4.40. The van der Waals surface area contributed by atoms with E-state index in [9.17, 15) is 0 Å². The topological polar surface area (TPSA) is 47.1 Å². The second-order valence-electron chi connectivity index (χ2n) is 4.74. The number of anilines is 1. The van der Waals surface area contributed by atoms with E-state index in [1.165, 1.54) is 0 Å². The van der Waals surface area contributed by atoms with Crippen LogP contribution in [-0.4, -0.2) is 21.8 Å². The molecule has 0 amide bonds. The minimum Gasteiger partial charge on any atom is -0.389 e. The van der Waals surface area contributed by atoms with Gasteiger partial charge in [0.15, 0.2) is 0 Å². The van der Waals surface area contributed by atoms with Gasteiger partial charge in [-0.15, -0.1) is 0 Å². The zero-order valence-corrected chi connectivity index (χ0v) is 14.1. The van der Waals surface area contributed by atoms with Crippen LogP contribution >= 0.6 is 28.1 Å². The van der Waals surface area contributed by atoms with Crippen LogP contribution in [0.5, 0.6) is 0 Å². The van der Waals surface area contributed by atoms with Crippen LogP contribution in [0.2, 0.25) is 0 Å². The van der Waals surface area contributed by atoms with E-state index in [0.29, 0.717) is 4.99 Å². The third-order valence-corrected chi connectivity index (χ3v) is 4.51. The van der Waals surface area contributed by atoms with Crippen molar-refractivity contribution < 1.29 is 0 Å². The molecular formula is C14H17BrN4S. The van der Waals surface area contributed by atoms with Crippen LogP contribution in [0, 0.1) is 6.92 Å². The molecule has 2 aromatic rings. The van der Waals surface area contributed by atoms with Gasteiger partial charge in [0.05, 0.1) is 22.4 Å². The van der Waals surface area contributed by atoms with E-state index in [2.05, 4.69) is 25.9 Å². The molecule has 1 heterocycles. The van der Waals surface area contributed by atoms with E-state index >= 15 is 0 Å². The molecule has 0 spiro atoms. The van der Waals surface area contributed by atoms with Crippen molar-refractivity contribution in [1.29, 1.82) is 0 Å². The van der Waals surface area contributed by atoms with Crippen molar-refractivity contribution in [1.82, 2.24) is 9.78 Å². The fourth-order valence-electron chi connectivity index (χ4n) is 2.05. The molecule has 106 valence electrons. The molecule has 2 rings (SSSR count). The van der Waals surface area contributed by atoms with Crippen molar-refractivity contribution in [3.63, 3.8) is 0 Å². The highest BCUT2D eigenvalue weighted by molar-refractivity contribution is 9.10. The summed E-state index contributed by atoms with van der Waals surface area (Å²) >= 11 is 8.55. The second-order valence-corrected chi connectivity index (χ2v) is 5.97. The summed E-state index contributed by atoms with van der Waals surface area (Å²) in [5.41, 5.74) is 9.74. The highest BCUT2D eigenvalue weighted by Gasteiger charge is 2.13. The van der Waals surface area contributed by atoms with Gasteiger partial charge in [0.1, 0.15) is 4.99 Å². The summed E-state index contributed by atoms with van der Waals surface area (Å²) < 4.78 is 2.96. The van der Waals surface area contributed by atoms with Crippen LogP contribution in [0.3, 0.4) is 0 Å². The van der Waals surface area contributed by atoms with Crippen LogP contribution in [-0.2, 0) is 13.6 Å². The van der Waals surface area contributed by atoms with Crippen molar-refractivity contribution in [3.8, 4) is 0 Å². The number of aryl methyl sites for hydroxylation is 2. The van der Waals surface area contributed by atoms with Crippen LogP contribution in [0.25, 0.3) is 0 Å². The molecule has 1 aromatic carbocycles. The maximum Gasteiger partial charge on any atom is 0.103 e. The van der Waals surface area contributed by atoms with Crippen molar-refractivity contribution in [2.45, 2.75) is 13.5 Å². The quantitative estimate of drug-likeness (QED) is 0.859. The number of halogens is 1. The molecule has 0 bridgehead atoms. The van der Waals surface area contributed by atoms with Gasteiger partial charge in [-0.05, 0) is 47.1 Å². The number of nitrogens with zero attached hydrogens (tertiary/aromatic N) is 3. The first-order valence-electron chi connectivity index (χ1n) is 6.19. The Hall–Kier alpha value is -1.40. The zero-order chi connectivity index (χ0) is 14.9. The largest absolute Gasteiger partial charge is 0.389 e. The Balaban J connectivity index is 2.19. The molecule has 0 unspecified atom stereocenters. The zero-order valence-electron chi connectivity index (χ0n) is 11.7. The second kappa shape index (κ2) is 5.93. The van der Waals surface area contributed by atoms with E-state index in [1.807, 2.05) is 50.0 Å². The van der Waals surface area contributed by atoms with Gasteiger partial charge in [0.25, 0.3) is 0 Å². The highest BCUT2D eigenvalue weighted by atomic mass is 79.9. The van der Waals surface area contributed by atoms with Gasteiger partial charge in [-0.3, -0.25) is 4.68 Å². The Morgan fingerprint density at radius 1 is 1.40 bits per heavy atom. The standard InChI is InChI=1S/C14H17BrN4S/c1-9-13(15)12(19(3)17-9)8-18(2)11-6-4-10(5-7-11)14(16)20/h4-7H,8H2,1-3H3,(H2,16,20). The van der Waals surface area contributed by atoms with E-state index in [1.54, 1.807) is 0 Å². The number of thiocarbonyl (C=S) groups is 1. The molecule has 0 aliphatic carbocycles. The first-order valence-corrected chi connectivity index (χ1v) is 7.39. The minimum atomic E-state index is 0.421. The van der Waals surface area contributed by atoms with Gasteiger partial charge in [-0.1, -0.05) is 12.2 Å². The summed E-state index contributed by atoms with van der Waals surface area (Å²) in [6, 6.07) is 7.92. The van der Waals surface area contributed by atoms with Crippen LogP contribution in [0.4, 0.5) is 5.69 Å². The first-order chi connectivity index (χ1) is 9.40. The van der Waals surface area contributed by atoms with Gasteiger partial charge in [-0.2, -0.15) is 5.10 Å². The molecule has 0 radical (unpaired) electrons. The SMILES string of the molecule is Cc1nn(C)c(CN(C)c2ccc(C(N)=S)cc2)c1Br. The molecule has 1 aromatic heterocycles. The minimum absolute atomic E-state index is 0.421. The molecule has 0 fully saturated rings. The molecule has 0 saturated carbocycles. The maximum absolute atomic E-state index is 5.61. The number of hydrogen-bond acceptors (Lipinski definition) is 3. The maximum atomic E-state index is 5.61.